The van der Waals surface area contributed by atoms with Gasteiger partial charge in [0.05, 0.1) is 0 Å². The van der Waals surface area contributed by atoms with E-state index in [0.29, 0.717) is 19.3 Å². The molecule has 1 aliphatic heterocycles. The molecule has 2 aliphatic rings. The SMILES string of the molecule is NC1CCCC1Nc1ccc2c(c1)OCCO2. The molecule has 4 heteroatoms. The van der Waals surface area contributed by atoms with Gasteiger partial charge in [-0.15, -0.1) is 0 Å². The van der Waals surface area contributed by atoms with Gasteiger partial charge in [0.15, 0.2) is 11.5 Å². The molecule has 2 atom stereocenters. The number of nitrogens with two attached hydrogens (primary N) is 1. The number of anilines is 1. The summed E-state index contributed by atoms with van der Waals surface area (Å²) in [6, 6.07) is 6.64. The van der Waals surface area contributed by atoms with Crippen molar-refractivity contribution in [3.8, 4) is 11.5 Å². The van der Waals surface area contributed by atoms with Gasteiger partial charge in [0.1, 0.15) is 13.2 Å². The van der Waals surface area contributed by atoms with Crippen molar-refractivity contribution in [2.45, 2.75) is 31.3 Å². The van der Waals surface area contributed by atoms with Crippen molar-refractivity contribution < 1.29 is 9.47 Å². The van der Waals surface area contributed by atoms with Gasteiger partial charge in [0.2, 0.25) is 0 Å². The van der Waals surface area contributed by atoms with Crippen LogP contribution in [-0.2, 0) is 0 Å². The zero-order valence-electron chi connectivity index (χ0n) is 9.82. The molecule has 1 fully saturated rings. The maximum atomic E-state index is 6.05. The standard InChI is InChI=1S/C13H18N2O2/c14-10-2-1-3-11(10)15-9-4-5-12-13(8-9)17-7-6-16-12/h4-5,8,10-11,15H,1-3,6-7,14H2. The highest BCUT2D eigenvalue weighted by Crippen LogP contribution is 2.33. The lowest BCUT2D eigenvalue weighted by Crippen LogP contribution is -2.35. The Bertz CT molecular complexity index is 408. The molecular weight excluding hydrogens is 216 g/mol. The minimum atomic E-state index is 0.267. The first kappa shape index (κ1) is 10.7. The van der Waals surface area contributed by atoms with Crippen LogP contribution in [0.2, 0.25) is 0 Å². The summed E-state index contributed by atoms with van der Waals surface area (Å²) in [7, 11) is 0. The van der Waals surface area contributed by atoms with Crippen LogP contribution >= 0.6 is 0 Å². The highest BCUT2D eigenvalue weighted by Gasteiger charge is 2.24. The average molecular weight is 234 g/mol. The van der Waals surface area contributed by atoms with Crippen molar-refractivity contribution in [2.75, 3.05) is 18.5 Å². The van der Waals surface area contributed by atoms with Gasteiger partial charge in [0.25, 0.3) is 0 Å². The minimum absolute atomic E-state index is 0.267. The molecule has 17 heavy (non-hydrogen) atoms. The second kappa shape index (κ2) is 4.45. The Morgan fingerprint density at radius 3 is 2.71 bits per heavy atom. The normalized spacial score (nSPS) is 26.9. The van der Waals surface area contributed by atoms with E-state index in [9.17, 15) is 0 Å². The highest BCUT2D eigenvalue weighted by molar-refractivity contribution is 5.55. The molecule has 1 aromatic rings. The van der Waals surface area contributed by atoms with Crippen molar-refractivity contribution in [1.82, 2.24) is 0 Å². The van der Waals surface area contributed by atoms with Gasteiger partial charge in [0, 0.05) is 23.8 Å². The quantitative estimate of drug-likeness (QED) is 0.818. The van der Waals surface area contributed by atoms with Gasteiger partial charge >= 0.3 is 0 Å². The molecule has 0 spiro atoms. The third-order valence-corrected chi connectivity index (χ3v) is 3.46. The van der Waals surface area contributed by atoms with Crippen LogP contribution in [0.1, 0.15) is 19.3 Å². The van der Waals surface area contributed by atoms with Gasteiger partial charge in [-0.1, -0.05) is 0 Å². The van der Waals surface area contributed by atoms with Gasteiger partial charge < -0.3 is 20.5 Å². The van der Waals surface area contributed by atoms with Crippen LogP contribution in [0.3, 0.4) is 0 Å². The van der Waals surface area contributed by atoms with E-state index in [1.807, 2.05) is 18.2 Å². The second-order valence-corrected chi connectivity index (χ2v) is 4.70. The number of rotatable bonds is 2. The first-order valence-electron chi connectivity index (χ1n) is 6.25. The molecular formula is C13H18N2O2. The monoisotopic (exact) mass is 234 g/mol. The molecule has 2 unspecified atom stereocenters. The van der Waals surface area contributed by atoms with Gasteiger partial charge in [-0.05, 0) is 31.4 Å². The highest BCUT2D eigenvalue weighted by atomic mass is 16.6. The number of fused-ring (bicyclic) bond motifs is 1. The number of benzene rings is 1. The fourth-order valence-electron chi connectivity index (χ4n) is 2.52. The van der Waals surface area contributed by atoms with Gasteiger partial charge in [-0.3, -0.25) is 0 Å². The lowest BCUT2D eigenvalue weighted by Gasteiger charge is -2.22. The maximum absolute atomic E-state index is 6.05. The van der Waals surface area contributed by atoms with Crippen molar-refractivity contribution >= 4 is 5.69 Å². The van der Waals surface area contributed by atoms with Gasteiger partial charge in [-0.25, -0.2) is 0 Å². The molecule has 0 radical (unpaired) electrons. The fraction of sp³-hybridized carbons (Fsp3) is 0.538. The molecule has 0 bridgehead atoms. The first-order chi connectivity index (χ1) is 8.33. The van der Waals surface area contributed by atoms with E-state index in [4.69, 9.17) is 15.2 Å². The second-order valence-electron chi connectivity index (χ2n) is 4.70. The summed E-state index contributed by atoms with van der Waals surface area (Å²) in [6.07, 6.45) is 3.47. The summed E-state index contributed by atoms with van der Waals surface area (Å²) in [5.41, 5.74) is 7.11. The Balaban J connectivity index is 1.75. The summed E-state index contributed by atoms with van der Waals surface area (Å²) >= 11 is 0. The average Bonchev–Trinajstić information content (AvgIpc) is 2.75. The largest absolute Gasteiger partial charge is 0.486 e. The predicted octanol–water partition coefficient (Wildman–Crippen LogP) is 1.75. The Kier molecular flexibility index (Phi) is 2.81. The molecule has 1 saturated carbocycles. The predicted molar refractivity (Wildman–Crippen MR) is 66.7 cm³/mol. The molecule has 3 rings (SSSR count). The van der Waals surface area contributed by atoms with E-state index in [1.54, 1.807) is 0 Å². The van der Waals surface area contributed by atoms with Crippen molar-refractivity contribution in [3.63, 3.8) is 0 Å². The minimum Gasteiger partial charge on any atom is -0.486 e. The Morgan fingerprint density at radius 1 is 1.12 bits per heavy atom. The summed E-state index contributed by atoms with van der Waals surface area (Å²) in [4.78, 5) is 0. The maximum Gasteiger partial charge on any atom is 0.163 e. The van der Waals surface area contributed by atoms with E-state index in [0.717, 1.165) is 30.0 Å². The third kappa shape index (κ3) is 2.17. The number of hydrogen-bond acceptors (Lipinski definition) is 4. The third-order valence-electron chi connectivity index (χ3n) is 3.46. The Labute approximate surface area is 101 Å². The van der Waals surface area contributed by atoms with E-state index < -0.39 is 0 Å². The molecule has 1 heterocycles. The smallest absolute Gasteiger partial charge is 0.163 e. The van der Waals surface area contributed by atoms with Crippen LogP contribution in [0.15, 0.2) is 18.2 Å². The zero-order valence-corrected chi connectivity index (χ0v) is 9.82. The molecule has 92 valence electrons. The molecule has 0 aromatic heterocycles. The van der Waals surface area contributed by atoms with Crippen LogP contribution in [-0.4, -0.2) is 25.3 Å². The van der Waals surface area contributed by atoms with Gasteiger partial charge in [-0.2, -0.15) is 0 Å². The lowest BCUT2D eigenvalue weighted by molar-refractivity contribution is 0.171. The van der Waals surface area contributed by atoms with Crippen LogP contribution in [0, 0.1) is 0 Å². The molecule has 1 aliphatic carbocycles. The van der Waals surface area contributed by atoms with Crippen LogP contribution in [0.4, 0.5) is 5.69 Å². The van der Waals surface area contributed by atoms with E-state index in [2.05, 4.69) is 5.32 Å². The summed E-state index contributed by atoms with van der Waals surface area (Å²) in [5.74, 6) is 1.66. The number of ether oxygens (including phenoxy) is 2. The van der Waals surface area contributed by atoms with E-state index in [1.165, 1.54) is 6.42 Å². The van der Waals surface area contributed by atoms with Crippen LogP contribution in [0.5, 0.6) is 11.5 Å². The summed E-state index contributed by atoms with van der Waals surface area (Å²) in [5, 5.41) is 3.48. The fourth-order valence-corrected chi connectivity index (χ4v) is 2.52. The Hall–Kier alpha value is -1.42. The van der Waals surface area contributed by atoms with Crippen molar-refractivity contribution in [3.05, 3.63) is 18.2 Å². The first-order valence-corrected chi connectivity index (χ1v) is 6.25. The Morgan fingerprint density at radius 2 is 1.94 bits per heavy atom. The van der Waals surface area contributed by atoms with Crippen LogP contribution in [0.25, 0.3) is 0 Å². The molecule has 3 N–H and O–H groups in total. The number of nitrogens with one attached hydrogen (secondary N) is 1. The van der Waals surface area contributed by atoms with E-state index in [-0.39, 0.29) is 6.04 Å². The molecule has 4 nitrogen and oxygen atoms in total. The number of hydrogen-bond donors (Lipinski definition) is 2. The van der Waals surface area contributed by atoms with Crippen LogP contribution < -0.4 is 20.5 Å². The molecule has 0 amide bonds. The molecule has 0 saturated heterocycles. The summed E-state index contributed by atoms with van der Waals surface area (Å²) < 4.78 is 11.1. The molecule has 1 aromatic carbocycles. The lowest BCUT2D eigenvalue weighted by atomic mass is 10.1. The van der Waals surface area contributed by atoms with Crippen molar-refractivity contribution in [2.24, 2.45) is 5.73 Å². The van der Waals surface area contributed by atoms with E-state index >= 15 is 0 Å². The zero-order chi connectivity index (χ0) is 11.7. The summed E-state index contributed by atoms with van der Waals surface area (Å²) in [6.45, 7) is 1.26. The van der Waals surface area contributed by atoms with Crippen molar-refractivity contribution in [1.29, 1.82) is 0 Å². The topological polar surface area (TPSA) is 56.5 Å².